The molecule has 1 aromatic heterocycles. The summed E-state index contributed by atoms with van der Waals surface area (Å²) in [5.74, 6) is 0.893. The van der Waals surface area contributed by atoms with Crippen LogP contribution in [0, 0.1) is 6.92 Å². The zero-order chi connectivity index (χ0) is 17.2. The van der Waals surface area contributed by atoms with E-state index in [0.29, 0.717) is 6.04 Å². The molecule has 6 heteroatoms. The monoisotopic (exact) mass is 333 g/mol. The van der Waals surface area contributed by atoms with Crippen molar-refractivity contribution in [3.05, 3.63) is 29.6 Å². The molecule has 0 aromatic carbocycles. The number of hydrogen-bond donors (Lipinski definition) is 2. The molecule has 0 saturated carbocycles. The Kier molecular flexibility index (Phi) is 7.98. The number of aryl methyl sites for hydroxylation is 1. The number of morpholine rings is 1. The fourth-order valence-electron chi connectivity index (χ4n) is 2.80. The Labute approximate surface area is 145 Å². The van der Waals surface area contributed by atoms with E-state index in [1.807, 2.05) is 12.4 Å². The van der Waals surface area contributed by atoms with Crippen LogP contribution in [0.3, 0.4) is 0 Å². The first-order chi connectivity index (χ1) is 11.7. The van der Waals surface area contributed by atoms with Gasteiger partial charge in [-0.25, -0.2) is 0 Å². The average molecular weight is 333 g/mol. The number of aliphatic imine (C=N–C) groups is 1. The van der Waals surface area contributed by atoms with Crippen molar-refractivity contribution in [3.63, 3.8) is 0 Å². The Morgan fingerprint density at radius 1 is 1.38 bits per heavy atom. The predicted octanol–water partition coefficient (Wildman–Crippen LogP) is 1.21. The Hall–Kier alpha value is -1.66. The van der Waals surface area contributed by atoms with E-state index in [0.717, 1.165) is 58.3 Å². The van der Waals surface area contributed by atoms with Crippen molar-refractivity contribution in [1.82, 2.24) is 20.5 Å². The van der Waals surface area contributed by atoms with E-state index < -0.39 is 0 Å². The van der Waals surface area contributed by atoms with Gasteiger partial charge < -0.3 is 15.4 Å². The fraction of sp³-hybridized carbons (Fsp3) is 0.667. The topological polar surface area (TPSA) is 61.8 Å². The molecule has 6 nitrogen and oxygen atoms in total. The predicted molar refractivity (Wildman–Crippen MR) is 98.5 cm³/mol. The Balaban J connectivity index is 1.80. The molecule has 1 atom stereocenters. The van der Waals surface area contributed by atoms with Crippen LogP contribution in [0.5, 0.6) is 0 Å². The molecule has 0 aliphatic carbocycles. The van der Waals surface area contributed by atoms with E-state index in [1.165, 1.54) is 11.1 Å². The van der Waals surface area contributed by atoms with Crippen LogP contribution in [0.2, 0.25) is 0 Å². The number of ether oxygens (including phenoxy) is 1. The number of nitrogens with one attached hydrogen (secondary N) is 2. The molecular weight excluding hydrogens is 302 g/mol. The first-order valence-electron chi connectivity index (χ1n) is 8.94. The lowest BCUT2D eigenvalue weighted by atomic mass is 10.1. The lowest BCUT2D eigenvalue weighted by molar-refractivity contribution is 0.0220. The number of guanidine groups is 1. The van der Waals surface area contributed by atoms with E-state index in [1.54, 1.807) is 0 Å². The maximum atomic E-state index is 5.41. The quantitative estimate of drug-likeness (QED) is 0.580. The Morgan fingerprint density at radius 2 is 2.17 bits per heavy atom. The summed E-state index contributed by atoms with van der Waals surface area (Å²) in [6, 6.07) is 2.52. The van der Waals surface area contributed by atoms with Gasteiger partial charge in [0.15, 0.2) is 5.96 Å². The van der Waals surface area contributed by atoms with Crippen LogP contribution in [0.1, 0.15) is 25.0 Å². The fourth-order valence-corrected chi connectivity index (χ4v) is 2.80. The van der Waals surface area contributed by atoms with Crippen molar-refractivity contribution in [2.45, 2.75) is 33.2 Å². The first-order valence-corrected chi connectivity index (χ1v) is 8.94. The van der Waals surface area contributed by atoms with Gasteiger partial charge in [-0.2, -0.15) is 0 Å². The highest BCUT2D eigenvalue weighted by Crippen LogP contribution is 2.05. The highest BCUT2D eigenvalue weighted by Gasteiger charge is 2.16. The van der Waals surface area contributed by atoms with Crippen molar-refractivity contribution in [3.8, 4) is 0 Å². The Bertz CT molecular complexity index is 514. The molecule has 1 unspecified atom stereocenters. The molecule has 2 N–H and O–H groups in total. The molecule has 0 radical (unpaired) electrons. The zero-order valence-electron chi connectivity index (χ0n) is 15.2. The van der Waals surface area contributed by atoms with E-state index in [-0.39, 0.29) is 0 Å². The second-order valence-electron chi connectivity index (χ2n) is 6.20. The van der Waals surface area contributed by atoms with Crippen molar-refractivity contribution < 1.29 is 4.74 Å². The van der Waals surface area contributed by atoms with E-state index >= 15 is 0 Å². The maximum absolute atomic E-state index is 5.41. The van der Waals surface area contributed by atoms with Crippen LogP contribution >= 0.6 is 0 Å². The minimum atomic E-state index is 0.437. The molecule has 1 fully saturated rings. The maximum Gasteiger partial charge on any atom is 0.191 e. The normalized spacial score (nSPS) is 17.5. The van der Waals surface area contributed by atoms with Gasteiger partial charge in [0.2, 0.25) is 0 Å². The standard InChI is InChI=1S/C18H31N5O/c1-4-20-18(21-8-6-17-5-7-19-13-15(17)2)22-14-16(3)23-9-11-24-12-10-23/h5,7,13,16H,4,6,8-12,14H2,1-3H3,(H2,20,21,22). The lowest BCUT2D eigenvalue weighted by Gasteiger charge is -2.31. The number of rotatable bonds is 7. The van der Waals surface area contributed by atoms with Gasteiger partial charge >= 0.3 is 0 Å². The van der Waals surface area contributed by atoms with Crippen LogP contribution in [0.25, 0.3) is 0 Å². The third-order valence-corrected chi connectivity index (χ3v) is 4.35. The molecule has 1 aliphatic rings. The minimum absolute atomic E-state index is 0.437. The highest BCUT2D eigenvalue weighted by molar-refractivity contribution is 5.79. The third kappa shape index (κ3) is 6.09. The number of aromatic nitrogens is 1. The van der Waals surface area contributed by atoms with Crippen LogP contribution < -0.4 is 10.6 Å². The second-order valence-corrected chi connectivity index (χ2v) is 6.20. The third-order valence-electron chi connectivity index (χ3n) is 4.35. The summed E-state index contributed by atoms with van der Waals surface area (Å²) < 4.78 is 5.41. The molecule has 0 bridgehead atoms. The summed E-state index contributed by atoms with van der Waals surface area (Å²) in [5.41, 5.74) is 2.57. The molecule has 1 aromatic rings. The molecule has 0 spiro atoms. The van der Waals surface area contributed by atoms with Gasteiger partial charge in [-0.1, -0.05) is 0 Å². The second kappa shape index (κ2) is 10.3. The molecule has 0 amide bonds. The molecule has 1 saturated heterocycles. The molecule has 134 valence electrons. The number of pyridine rings is 1. The summed E-state index contributed by atoms with van der Waals surface area (Å²) in [7, 11) is 0. The van der Waals surface area contributed by atoms with Crippen LogP contribution in [0.15, 0.2) is 23.5 Å². The zero-order valence-corrected chi connectivity index (χ0v) is 15.2. The van der Waals surface area contributed by atoms with Crippen LogP contribution in [0.4, 0.5) is 0 Å². The molecule has 1 aliphatic heterocycles. The van der Waals surface area contributed by atoms with Crippen LogP contribution in [-0.2, 0) is 11.2 Å². The summed E-state index contributed by atoms with van der Waals surface area (Å²) >= 11 is 0. The van der Waals surface area contributed by atoms with Gasteiger partial charge in [0.25, 0.3) is 0 Å². The van der Waals surface area contributed by atoms with Crippen molar-refractivity contribution >= 4 is 5.96 Å². The summed E-state index contributed by atoms with van der Waals surface area (Å²) in [5, 5.41) is 6.76. The smallest absolute Gasteiger partial charge is 0.191 e. The average Bonchev–Trinajstić information content (AvgIpc) is 2.61. The Morgan fingerprint density at radius 3 is 2.88 bits per heavy atom. The minimum Gasteiger partial charge on any atom is -0.379 e. The summed E-state index contributed by atoms with van der Waals surface area (Å²) in [4.78, 5) is 11.3. The SMILES string of the molecule is CCNC(=NCC(C)N1CCOCC1)NCCc1ccncc1C. The van der Waals surface area contributed by atoms with E-state index in [2.05, 4.69) is 47.4 Å². The molecule has 2 heterocycles. The molecule has 24 heavy (non-hydrogen) atoms. The summed E-state index contributed by atoms with van der Waals surface area (Å²) in [6.07, 6.45) is 4.74. The lowest BCUT2D eigenvalue weighted by Crippen LogP contribution is -2.44. The molecule has 2 rings (SSSR count). The van der Waals surface area contributed by atoms with Crippen molar-refractivity contribution in [2.75, 3.05) is 45.9 Å². The highest BCUT2D eigenvalue weighted by atomic mass is 16.5. The summed E-state index contributed by atoms with van der Waals surface area (Å²) in [6.45, 7) is 12.6. The van der Waals surface area contributed by atoms with Gasteiger partial charge in [0.1, 0.15) is 0 Å². The van der Waals surface area contributed by atoms with Gasteiger partial charge in [-0.05, 0) is 44.4 Å². The first kappa shape index (κ1) is 18.7. The number of hydrogen-bond acceptors (Lipinski definition) is 4. The van der Waals surface area contributed by atoms with E-state index in [9.17, 15) is 0 Å². The van der Waals surface area contributed by atoms with E-state index in [4.69, 9.17) is 9.73 Å². The largest absolute Gasteiger partial charge is 0.379 e. The van der Waals surface area contributed by atoms with Gasteiger partial charge in [-0.3, -0.25) is 14.9 Å². The van der Waals surface area contributed by atoms with Gasteiger partial charge in [-0.15, -0.1) is 0 Å². The van der Waals surface area contributed by atoms with Crippen molar-refractivity contribution in [2.24, 2.45) is 4.99 Å². The van der Waals surface area contributed by atoms with Gasteiger partial charge in [0.05, 0.1) is 19.8 Å². The van der Waals surface area contributed by atoms with Gasteiger partial charge in [0, 0.05) is 44.6 Å². The van der Waals surface area contributed by atoms with Crippen LogP contribution in [-0.4, -0.2) is 67.8 Å². The molecular formula is C18H31N5O. The van der Waals surface area contributed by atoms with Crippen molar-refractivity contribution in [1.29, 1.82) is 0 Å². The number of nitrogens with zero attached hydrogens (tertiary/aromatic N) is 3.